The van der Waals surface area contributed by atoms with Crippen LogP contribution >= 0.6 is 0 Å². The van der Waals surface area contributed by atoms with Crippen molar-refractivity contribution in [1.29, 1.82) is 0 Å². The number of sulfonamides is 1. The average molecular weight is 373 g/mol. The number of rotatable bonds is 6. The molecule has 0 aromatic heterocycles. The molecule has 0 aromatic carbocycles. The predicted molar refractivity (Wildman–Crippen MR) is 96.8 cm³/mol. The summed E-state index contributed by atoms with van der Waals surface area (Å²) in [7, 11) is -3.51. The molecule has 7 heteroatoms. The van der Waals surface area contributed by atoms with Gasteiger partial charge in [0.1, 0.15) is 5.78 Å². The molecule has 3 rings (SSSR count). The number of morpholine rings is 1. The fraction of sp³-hybridized carbons (Fsp3) is 0.944. The van der Waals surface area contributed by atoms with Gasteiger partial charge in [0.25, 0.3) is 0 Å². The van der Waals surface area contributed by atoms with Gasteiger partial charge in [-0.2, -0.15) is 0 Å². The second-order valence-electron chi connectivity index (χ2n) is 9.16. The smallest absolute Gasteiger partial charge is 0.212 e. The van der Waals surface area contributed by atoms with Gasteiger partial charge in [-0.1, -0.05) is 13.8 Å². The van der Waals surface area contributed by atoms with Gasteiger partial charge in [0, 0.05) is 37.0 Å². The van der Waals surface area contributed by atoms with Gasteiger partial charge in [-0.05, 0) is 38.0 Å². The maximum Gasteiger partial charge on any atom is 0.212 e. The molecular formula is C18H32N2O4S. The number of fused-ring (bicyclic) bond motifs is 2. The minimum atomic E-state index is -3.51. The van der Waals surface area contributed by atoms with E-state index in [1.807, 2.05) is 0 Å². The number of carbonyl (C=O) groups excluding carboxylic acids is 1. The summed E-state index contributed by atoms with van der Waals surface area (Å²) in [6.45, 7) is 11.6. The highest BCUT2D eigenvalue weighted by molar-refractivity contribution is 7.89. The molecule has 3 aliphatic rings. The lowest BCUT2D eigenvalue weighted by molar-refractivity contribution is -0.128. The van der Waals surface area contributed by atoms with Crippen LogP contribution in [0.5, 0.6) is 0 Å². The molecule has 1 saturated heterocycles. The van der Waals surface area contributed by atoms with E-state index in [9.17, 15) is 13.2 Å². The Kier molecular flexibility index (Phi) is 4.85. The third-order valence-electron chi connectivity index (χ3n) is 7.17. The Labute approximate surface area is 151 Å². The summed E-state index contributed by atoms with van der Waals surface area (Å²) in [5.41, 5.74) is -1.20. The van der Waals surface area contributed by atoms with Crippen molar-refractivity contribution in [1.82, 2.24) is 9.62 Å². The lowest BCUT2D eigenvalue weighted by atomic mass is 9.70. The summed E-state index contributed by atoms with van der Waals surface area (Å²) < 4.78 is 33.8. The second kappa shape index (κ2) is 6.29. The van der Waals surface area contributed by atoms with Gasteiger partial charge in [0.2, 0.25) is 10.0 Å². The molecule has 1 aliphatic heterocycles. The zero-order chi connectivity index (χ0) is 18.5. The van der Waals surface area contributed by atoms with Crippen molar-refractivity contribution in [2.24, 2.45) is 16.7 Å². The molecule has 0 spiro atoms. The number of ether oxygens (including phenoxy) is 1. The van der Waals surface area contributed by atoms with E-state index in [0.717, 1.165) is 19.5 Å². The Hall–Kier alpha value is -0.500. The molecule has 144 valence electrons. The first-order valence-electron chi connectivity index (χ1n) is 9.34. The van der Waals surface area contributed by atoms with Crippen LogP contribution in [0.1, 0.15) is 47.0 Å². The van der Waals surface area contributed by atoms with Crippen LogP contribution in [-0.4, -0.2) is 63.2 Å². The Morgan fingerprint density at radius 3 is 2.44 bits per heavy atom. The average Bonchev–Trinajstić information content (AvgIpc) is 2.88. The van der Waals surface area contributed by atoms with Gasteiger partial charge in [0.05, 0.1) is 19.0 Å². The van der Waals surface area contributed by atoms with Crippen LogP contribution in [0.25, 0.3) is 0 Å². The number of Topliss-reactive ketones (excluding diaryl/α,β-unsaturated/α-hetero) is 1. The van der Waals surface area contributed by atoms with Gasteiger partial charge in [0.15, 0.2) is 0 Å². The van der Waals surface area contributed by atoms with Crippen molar-refractivity contribution >= 4 is 15.8 Å². The third-order valence-corrected chi connectivity index (χ3v) is 8.62. The van der Waals surface area contributed by atoms with E-state index < -0.39 is 15.4 Å². The van der Waals surface area contributed by atoms with Gasteiger partial charge in [-0.15, -0.1) is 0 Å². The molecule has 0 aromatic rings. The van der Waals surface area contributed by atoms with Crippen LogP contribution in [0.2, 0.25) is 0 Å². The van der Waals surface area contributed by atoms with E-state index in [1.54, 1.807) is 0 Å². The van der Waals surface area contributed by atoms with E-state index >= 15 is 0 Å². The number of nitrogens with zero attached hydrogens (tertiary/aromatic N) is 1. The lowest BCUT2D eigenvalue weighted by Gasteiger charge is -2.41. The fourth-order valence-corrected chi connectivity index (χ4v) is 7.05. The maximum atomic E-state index is 12.8. The summed E-state index contributed by atoms with van der Waals surface area (Å²) in [5, 5.41) is 0. The first kappa shape index (κ1) is 19.3. The normalized spacial score (nSPS) is 33.1. The van der Waals surface area contributed by atoms with Crippen LogP contribution in [0.3, 0.4) is 0 Å². The summed E-state index contributed by atoms with van der Waals surface area (Å²) in [6, 6.07) is 0. The molecule has 2 atom stereocenters. The molecule has 2 aliphatic carbocycles. The molecule has 1 N–H and O–H groups in total. The summed E-state index contributed by atoms with van der Waals surface area (Å²) in [6.07, 6.45) is 2.21. The quantitative estimate of drug-likeness (QED) is 0.763. The molecule has 1 heterocycles. The Balaban J connectivity index is 1.67. The first-order valence-corrected chi connectivity index (χ1v) is 11.0. The van der Waals surface area contributed by atoms with Gasteiger partial charge < -0.3 is 4.74 Å². The SMILES string of the molecule is CC(C)(CNS(=O)(=O)CC12CCC(CC1=O)C2(C)C)N1CCOCC1. The maximum absolute atomic E-state index is 12.8. The zero-order valence-corrected chi connectivity index (χ0v) is 16.7. The highest BCUT2D eigenvalue weighted by Crippen LogP contribution is 2.64. The van der Waals surface area contributed by atoms with Gasteiger partial charge >= 0.3 is 0 Å². The molecule has 25 heavy (non-hydrogen) atoms. The summed E-state index contributed by atoms with van der Waals surface area (Å²) in [5.74, 6) is 0.410. The second-order valence-corrected chi connectivity index (χ2v) is 11.0. The van der Waals surface area contributed by atoms with Crippen molar-refractivity contribution in [3.8, 4) is 0 Å². The van der Waals surface area contributed by atoms with Gasteiger partial charge in [-0.25, -0.2) is 13.1 Å². The molecule has 0 amide bonds. The Morgan fingerprint density at radius 2 is 1.92 bits per heavy atom. The molecule has 6 nitrogen and oxygen atoms in total. The van der Waals surface area contributed by atoms with Crippen molar-refractivity contribution < 1.29 is 17.9 Å². The van der Waals surface area contributed by atoms with Gasteiger partial charge in [-0.3, -0.25) is 9.69 Å². The highest BCUT2D eigenvalue weighted by atomic mass is 32.2. The van der Waals surface area contributed by atoms with Crippen LogP contribution in [0.15, 0.2) is 0 Å². The number of carbonyl (C=O) groups is 1. The van der Waals surface area contributed by atoms with E-state index in [4.69, 9.17) is 4.74 Å². The minimum absolute atomic E-state index is 0.0679. The van der Waals surface area contributed by atoms with Crippen LogP contribution in [0.4, 0.5) is 0 Å². The molecular weight excluding hydrogens is 340 g/mol. The number of hydrogen-bond donors (Lipinski definition) is 1. The van der Waals surface area contributed by atoms with Crippen molar-refractivity contribution in [3.63, 3.8) is 0 Å². The topological polar surface area (TPSA) is 75.7 Å². The number of hydrogen-bond acceptors (Lipinski definition) is 5. The van der Waals surface area contributed by atoms with E-state index in [2.05, 4.69) is 37.3 Å². The molecule has 3 fully saturated rings. The largest absolute Gasteiger partial charge is 0.379 e. The summed E-state index contributed by atoms with van der Waals surface area (Å²) >= 11 is 0. The van der Waals surface area contributed by atoms with Crippen molar-refractivity contribution in [3.05, 3.63) is 0 Å². The fourth-order valence-electron chi connectivity index (χ4n) is 5.05. The van der Waals surface area contributed by atoms with Crippen LogP contribution < -0.4 is 4.72 Å². The van der Waals surface area contributed by atoms with Crippen molar-refractivity contribution in [2.75, 3.05) is 38.6 Å². The van der Waals surface area contributed by atoms with Crippen molar-refractivity contribution in [2.45, 2.75) is 52.5 Å². The molecule has 2 bridgehead atoms. The highest BCUT2D eigenvalue weighted by Gasteiger charge is 2.65. The Morgan fingerprint density at radius 1 is 1.28 bits per heavy atom. The standard InChI is InChI=1S/C18H32N2O4S/c1-16(2,20-7-9-24-10-8-20)12-19-25(22,23)13-18-6-5-14(11-15(18)21)17(18,3)4/h14,19H,5-13H2,1-4H3. The number of ketones is 1. The molecule has 0 radical (unpaired) electrons. The zero-order valence-electron chi connectivity index (χ0n) is 15.9. The van der Waals surface area contributed by atoms with Crippen LogP contribution in [0, 0.1) is 16.7 Å². The molecule has 2 saturated carbocycles. The Bertz CT molecular complexity index is 637. The number of nitrogens with one attached hydrogen (secondary N) is 1. The van der Waals surface area contributed by atoms with E-state index in [1.165, 1.54) is 0 Å². The summed E-state index contributed by atoms with van der Waals surface area (Å²) in [4.78, 5) is 14.8. The molecule has 2 unspecified atom stereocenters. The minimum Gasteiger partial charge on any atom is -0.379 e. The predicted octanol–water partition coefficient (Wildman–Crippen LogP) is 1.41. The third kappa shape index (κ3) is 3.29. The van der Waals surface area contributed by atoms with Crippen LogP contribution in [-0.2, 0) is 19.6 Å². The lowest BCUT2D eigenvalue weighted by Crippen LogP contribution is -2.56. The first-order chi connectivity index (χ1) is 11.5. The van der Waals surface area contributed by atoms with E-state index in [-0.39, 0.29) is 22.5 Å². The van der Waals surface area contributed by atoms with E-state index in [0.29, 0.717) is 38.5 Å². The monoisotopic (exact) mass is 372 g/mol.